The van der Waals surface area contributed by atoms with E-state index in [2.05, 4.69) is 29.0 Å². The molecule has 32 heavy (non-hydrogen) atoms. The maximum absolute atomic E-state index is 13.0. The third kappa shape index (κ3) is 3.32. The Morgan fingerprint density at radius 2 is 1.78 bits per heavy atom. The minimum atomic E-state index is 0.0381. The van der Waals surface area contributed by atoms with E-state index in [-0.39, 0.29) is 5.91 Å². The molecule has 2 bridgehead atoms. The fraction of sp³-hybridized carbons (Fsp3) is 0.500. The summed E-state index contributed by atoms with van der Waals surface area (Å²) in [6.07, 6.45) is 4.81. The number of amides is 1. The monoisotopic (exact) mass is 435 g/mol. The van der Waals surface area contributed by atoms with Gasteiger partial charge in [-0.2, -0.15) is 0 Å². The second-order valence-corrected chi connectivity index (χ2v) is 9.12. The van der Waals surface area contributed by atoms with Crippen LogP contribution in [0.5, 0.6) is 17.2 Å². The Morgan fingerprint density at radius 1 is 1.06 bits per heavy atom. The lowest BCUT2D eigenvalue weighted by Gasteiger charge is -2.45. The fourth-order valence-electron chi connectivity index (χ4n) is 5.81. The van der Waals surface area contributed by atoms with Gasteiger partial charge >= 0.3 is 0 Å². The molecule has 3 heterocycles. The van der Waals surface area contributed by atoms with Crippen molar-refractivity contribution >= 4 is 17.3 Å². The van der Waals surface area contributed by atoms with Crippen molar-refractivity contribution < 1.29 is 14.3 Å². The first-order chi connectivity index (χ1) is 15.5. The van der Waals surface area contributed by atoms with Crippen molar-refractivity contribution in [1.82, 2.24) is 9.80 Å². The molecule has 0 spiro atoms. The van der Waals surface area contributed by atoms with Crippen LogP contribution in [0.15, 0.2) is 36.4 Å². The molecule has 0 saturated carbocycles. The van der Waals surface area contributed by atoms with Crippen LogP contribution >= 0.6 is 0 Å². The predicted octanol–water partition coefficient (Wildman–Crippen LogP) is 5.05. The molecule has 0 aromatic heterocycles. The molecule has 0 radical (unpaired) electrons. The summed E-state index contributed by atoms with van der Waals surface area (Å²) in [5.74, 6) is 2.22. The number of piperidine rings is 1. The van der Waals surface area contributed by atoms with E-state index in [0.717, 1.165) is 41.5 Å². The Bertz CT molecular complexity index is 1010. The Hall–Kier alpha value is -2.73. The average molecular weight is 436 g/mol. The van der Waals surface area contributed by atoms with E-state index in [1.807, 2.05) is 43.0 Å². The third-order valence-corrected chi connectivity index (χ3v) is 7.61. The number of methoxy groups -OCH3 is 1. The van der Waals surface area contributed by atoms with Crippen LogP contribution in [0.3, 0.4) is 0 Å². The summed E-state index contributed by atoms with van der Waals surface area (Å²) < 4.78 is 12.1. The minimum absolute atomic E-state index is 0.0381. The summed E-state index contributed by atoms with van der Waals surface area (Å²) in [5.41, 5.74) is 2.75. The summed E-state index contributed by atoms with van der Waals surface area (Å²) >= 11 is 0. The molecule has 0 aliphatic carbocycles. The van der Waals surface area contributed by atoms with Gasteiger partial charge in [0.05, 0.1) is 18.5 Å². The zero-order valence-corrected chi connectivity index (χ0v) is 19.5. The number of rotatable bonds is 5. The maximum Gasteiger partial charge on any atom is 0.253 e. The highest BCUT2D eigenvalue weighted by Gasteiger charge is 2.43. The lowest BCUT2D eigenvalue weighted by molar-refractivity contribution is 0.0772. The van der Waals surface area contributed by atoms with E-state index in [4.69, 9.17) is 9.47 Å². The van der Waals surface area contributed by atoms with Gasteiger partial charge in [0.2, 0.25) is 0 Å². The van der Waals surface area contributed by atoms with Crippen molar-refractivity contribution in [3.63, 3.8) is 0 Å². The molecule has 2 saturated heterocycles. The van der Waals surface area contributed by atoms with Crippen LogP contribution in [0, 0.1) is 0 Å². The molecule has 5 rings (SSSR count). The highest BCUT2D eigenvalue weighted by Crippen LogP contribution is 2.53. The summed E-state index contributed by atoms with van der Waals surface area (Å²) in [6.45, 7) is 5.39. The van der Waals surface area contributed by atoms with Gasteiger partial charge in [-0.15, -0.1) is 0 Å². The lowest BCUT2D eigenvalue weighted by Crippen LogP contribution is -2.48. The quantitative estimate of drug-likeness (QED) is 0.658. The van der Waals surface area contributed by atoms with Crippen molar-refractivity contribution in [2.24, 2.45) is 0 Å². The van der Waals surface area contributed by atoms with Crippen LogP contribution in [0.1, 0.15) is 49.9 Å². The van der Waals surface area contributed by atoms with Gasteiger partial charge in [-0.1, -0.05) is 6.07 Å². The molecule has 1 amide bonds. The molecular weight excluding hydrogens is 402 g/mol. The zero-order chi connectivity index (χ0) is 22.4. The fourth-order valence-corrected chi connectivity index (χ4v) is 5.81. The van der Waals surface area contributed by atoms with E-state index >= 15 is 0 Å². The smallest absolute Gasteiger partial charge is 0.253 e. The van der Waals surface area contributed by atoms with Crippen molar-refractivity contribution in [2.75, 3.05) is 32.1 Å². The molecule has 2 aromatic carbocycles. The van der Waals surface area contributed by atoms with Gasteiger partial charge in [0, 0.05) is 36.8 Å². The first kappa shape index (κ1) is 21.1. The van der Waals surface area contributed by atoms with Gasteiger partial charge in [-0.3, -0.25) is 4.79 Å². The second-order valence-electron chi connectivity index (χ2n) is 9.12. The van der Waals surface area contributed by atoms with Crippen LogP contribution in [0.4, 0.5) is 11.4 Å². The highest BCUT2D eigenvalue weighted by atomic mass is 16.5. The van der Waals surface area contributed by atoms with Gasteiger partial charge in [-0.25, -0.2) is 0 Å². The van der Waals surface area contributed by atoms with E-state index < -0.39 is 0 Å². The van der Waals surface area contributed by atoms with Crippen LogP contribution < -0.4 is 14.4 Å². The SMILES string of the molecule is CCN(CC)C(=O)c1ccc2c(c1)Oc1c(OC)cccc1N2C1CC2CCC(C1)N2C. The number of fused-ring (bicyclic) bond motifs is 4. The highest BCUT2D eigenvalue weighted by molar-refractivity contribution is 5.96. The number of carbonyl (C=O) groups excluding carboxylic acids is 1. The zero-order valence-electron chi connectivity index (χ0n) is 19.5. The van der Waals surface area contributed by atoms with E-state index in [0.29, 0.717) is 36.8 Å². The van der Waals surface area contributed by atoms with Gasteiger partial charge in [0.1, 0.15) is 0 Å². The number of benzene rings is 2. The minimum Gasteiger partial charge on any atom is -0.493 e. The Balaban J connectivity index is 1.58. The molecule has 2 aromatic rings. The Kier molecular flexibility index (Phi) is 5.49. The molecule has 6 heteroatoms. The molecule has 3 aliphatic rings. The van der Waals surface area contributed by atoms with Gasteiger partial charge in [0.15, 0.2) is 17.2 Å². The predicted molar refractivity (Wildman–Crippen MR) is 126 cm³/mol. The number of carbonyl (C=O) groups is 1. The summed E-state index contributed by atoms with van der Waals surface area (Å²) in [4.78, 5) is 19.9. The summed E-state index contributed by atoms with van der Waals surface area (Å²) in [5, 5.41) is 0. The Labute approximate surface area is 190 Å². The largest absolute Gasteiger partial charge is 0.493 e. The number of hydrogen-bond donors (Lipinski definition) is 0. The first-order valence-electron chi connectivity index (χ1n) is 11.8. The van der Waals surface area contributed by atoms with E-state index in [1.54, 1.807) is 7.11 Å². The average Bonchev–Trinajstić information content (AvgIpc) is 3.02. The third-order valence-electron chi connectivity index (χ3n) is 7.61. The van der Waals surface area contributed by atoms with E-state index in [1.165, 1.54) is 12.8 Å². The van der Waals surface area contributed by atoms with Crippen molar-refractivity contribution in [2.45, 2.75) is 57.7 Å². The molecule has 2 unspecified atom stereocenters. The summed E-state index contributed by atoms with van der Waals surface area (Å²) in [6, 6.07) is 13.6. The molecular formula is C26H33N3O3. The second kappa shape index (κ2) is 8.32. The number of para-hydroxylation sites is 1. The topological polar surface area (TPSA) is 45.3 Å². The van der Waals surface area contributed by atoms with Crippen LogP contribution in [0.25, 0.3) is 0 Å². The maximum atomic E-state index is 13.0. The van der Waals surface area contributed by atoms with Gasteiger partial charge in [-0.05, 0) is 76.9 Å². The summed E-state index contributed by atoms with van der Waals surface area (Å²) in [7, 11) is 3.95. The Morgan fingerprint density at radius 3 is 2.44 bits per heavy atom. The molecule has 6 nitrogen and oxygen atoms in total. The number of hydrogen-bond acceptors (Lipinski definition) is 5. The number of anilines is 2. The normalized spacial score (nSPS) is 23.9. The number of ether oxygens (including phenoxy) is 2. The number of nitrogens with zero attached hydrogens (tertiary/aromatic N) is 3. The lowest BCUT2D eigenvalue weighted by atomic mass is 9.94. The van der Waals surface area contributed by atoms with Gasteiger partial charge < -0.3 is 24.2 Å². The first-order valence-corrected chi connectivity index (χ1v) is 11.8. The van der Waals surface area contributed by atoms with Crippen LogP contribution in [-0.2, 0) is 0 Å². The van der Waals surface area contributed by atoms with Crippen molar-refractivity contribution in [3.8, 4) is 17.2 Å². The van der Waals surface area contributed by atoms with Crippen LogP contribution in [-0.4, -0.2) is 61.1 Å². The van der Waals surface area contributed by atoms with Crippen molar-refractivity contribution in [1.29, 1.82) is 0 Å². The standard InChI is InChI=1S/C26H33N3O3/c1-5-28(6-2)26(30)17-10-13-21-24(14-17)32-25-22(8-7-9-23(25)31-4)29(21)20-15-18-11-12-19(16-20)27(18)3/h7-10,13-14,18-20H,5-6,11-12,15-16H2,1-4H3. The molecule has 0 N–H and O–H groups in total. The van der Waals surface area contributed by atoms with Gasteiger partial charge in [0.25, 0.3) is 5.91 Å². The van der Waals surface area contributed by atoms with Crippen LogP contribution in [0.2, 0.25) is 0 Å². The molecule has 2 fully saturated rings. The molecule has 3 aliphatic heterocycles. The van der Waals surface area contributed by atoms with E-state index in [9.17, 15) is 4.79 Å². The van der Waals surface area contributed by atoms with Crippen molar-refractivity contribution in [3.05, 3.63) is 42.0 Å². The molecule has 170 valence electrons. The molecule has 2 atom stereocenters.